The molecule has 1 rings (SSSR count). The van der Waals surface area contributed by atoms with Gasteiger partial charge in [0.05, 0.1) is 0 Å². The predicted octanol–water partition coefficient (Wildman–Crippen LogP) is 2.58. The van der Waals surface area contributed by atoms with Crippen LogP contribution in [0.25, 0.3) is 0 Å². The Balaban J connectivity index is 2.39. The van der Waals surface area contributed by atoms with E-state index >= 15 is 0 Å². The van der Waals surface area contributed by atoms with Gasteiger partial charge in [0.25, 0.3) is 0 Å². The largest absolute Gasteiger partial charge is 0.342 e. The fourth-order valence-electron chi connectivity index (χ4n) is 2.17. The lowest BCUT2D eigenvalue weighted by Gasteiger charge is -2.26. The molecule has 76 valence electrons. The molecule has 0 bridgehead atoms. The van der Waals surface area contributed by atoms with E-state index in [0.717, 1.165) is 19.4 Å². The molecule has 0 spiro atoms. The smallest absolute Gasteiger partial charge is 0.209 e. The molecule has 0 unspecified atom stereocenters. The minimum absolute atomic E-state index is 0.542. The molecule has 1 aliphatic carbocycles. The van der Waals surface area contributed by atoms with Gasteiger partial charge in [-0.1, -0.05) is 32.6 Å². The van der Waals surface area contributed by atoms with Crippen LogP contribution in [0.15, 0.2) is 0 Å². The van der Waals surface area contributed by atoms with Crippen molar-refractivity contribution in [1.29, 1.82) is 0 Å². The lowest BCUT2D eigenvalue weighted by molar-refractivity contribution is -0.120. The first kappa shape index (κ1) is 10.6. The van der Waals surface area contributed by atoms with Crippen LogP contribution in [0, 0.1) is 0 Å². The SMILES string of the molecule is CCCN(C=O)C1CCCCCC1. The van der Waals surface area contributed by atoms with E-state index in [1.165, 1.54) is 38.5 Å². The third kappa shape index (κ3) is 3.37. The molecule has 1 aliphatic rings. The van der Waals surface area contributed by atoms with Gasteiger partial charge < -0.3 is 4.90 Å². The quantitative estimate of drug-likeness (QED) is 0.484. The van der Waals surface area contributed by atoms with Crippen LogP contribution in [0.2, 0.25) is 0 Å². The van der Waals surface area contributed by atoms with E-state index in [9.17, 15) is 4.79 Å². The Labute approximate surface area is 81.3 Å². The predicted molar refractivity (Wildman–Crippen MR) is 54.6 cm³/mol. The van der Waals surface area contributed by atoms with Gasteiger partial charge in [-0.25, -0.2) is 0 Å². The van der Waals surface area contributed by atoms with Crippen molar-refractivity contribution in [2.24, 2.45) is 0 Å². The van der Waals surface area contributed by atoms with Gasteiger partial charge in [-0.05, 0) is 19.3 Å². The number of nitrogens with zero attached hydrogens (tertiary/aromatic N) is 1. The second-order valence-electron chi connectivity index (χ2n) is 3.99. The maximum Gasteiger partial charge on any atom is 0.209 e. The molecule has 0 N–H and O–H groups in total. The summed E-state index contributed by atoms with van der Waals surface area (Å²) in [5.41, 5.74) is 0. The highest BCUT2D eigenvalue weighted by atomic mass is 16.1. The Morgan fingerprint density at radius 1 is 1.23 bits per heavy atom. The monoisotopic (exact) mass is 183 g/mol. The van der Waals surface area contributed by atoms with Crippen LogP contribution in [0.5, 0.6) is 0 Å². The van der Waals surface area contributed by atoms with Crippen molar-refractivity contribution in [3.63, 3.8) is 0 Å². The summed E-state index contributed by atoms with van der Waals surface area (Å²) in [4.78, 5) is 12.8. The van der Waals surface area contributed by atoms with Crippen LogP contribution in [-0.2, 0) is 4.79 Å². The van der Waals surface area contributed by atoms with Gasteiger partial charge in [-0.2, -0.15) is 0 Å². The normalized spacial score (nSPS) is 19.5. The molecule has 1 fully saturated rings. The summed E-state index contributed by atoms with van der Waals surface area (Å²) >= 11 is 0. The minimum atomic E-state index is 0.542. The van der Waals surface area contributed by atoms with E-state index in [4.69, 9.17) is 0 Å². The van der Waals surface area contributed by atoms with Gasteiger partial charge in [0.15, 0.2) is 0 Å². The summed E-state index contributed by atoms with van der Waals surface area (Å²) < 4.78 is 0. The number of carbonyl (C=O) groups excluding carboxylic acids is 1. The molecule has 0 aromatic heterocycles. The van der Waals surface area contributed by atoms with Crippen molar-refractivity contribution >= 4 is 6.41 Å². The molecule has 0 aliphatic heterocycles. The maximum atomic E-state index is 10.8. The van der Waals surface area contributed by atoms with Crippen molar-refractivity contribution < 1.29 is 4.79 Å². The number of rotatable bonds is 4. The first-order valence-corrected chi connectivity index (χ1v) is 5.59. The second-order valence-corrected chi connectivity index (χ2v) is 3.99. The molecule has 0 saturated heterocycles. The zero-order valence-electron chi connectivity index (χ0n) is 8.67. The number of hydrogen-bond acceptors (Lipinski definition) is 1. The molecule has 2 heteroatoms. The highest BCUT2D eigenvalue weighted by Gasteiger charge is 2.17. The van der Waals surface area contributed by atoms with E-state index in [-0.39, 0.29) is 0 Å². The Kier molecular flexibility index (Phi) is 4.87. The van der Waals surface area contributed by atoms with Crippen LogP contribution in [0.1, 0.15) is 51.9 Å². The Bertz CT molecular complexity index is 139. The lowest BCUT2D eigenvalue weighted by Crippen LogP contribution is -2.34. The average Bonchev–Trinajstić information content (AvgIpc) is 2.42. The van der Waals surface area contributed by atoms with Gasteiger partial charge in [0.2, 0.25) is 6.41 Å². The Morgan fingerprint density at radius 2 is 1.85 bits per heavy atom. The highest BCUT2D eigenvalue weighted by Crippen LogP contribution is 2.21. The van der Waals surface area contributed by atoms with E-state index in [1.807, 2.05) is 4.90 Å². The first-order valence-electron chi connectivity index (χ1n) is 5.59. The van der Waals surface area contributed by atoms with Crippen LogP contribution in [-0.4, -0.2) is 23.9 Å². The van der Waals surface area contributed by atoms with Crippen LogP contribution < -0.4 is 0 Å². The summed E-state index contributed by atoms with van der Waals surface area (Å²) in [5, 5.41) is 0. The molecule has 0 radical (unpaired) electrons. The summed E-state index contributed by atoms with van der Waals surface area (Å²) in [6.45, 7) is 3.07. The van der Waals surface area contributed by atoms with Crippen molar-refractivity contribution in [1.82, 2.24) is 4.90 Å². The van der Waals surface area contributed by atoms with Gasteiger partial charge in [-0.3, -0.25) is 4.79 Å². The molecule has 0 atom stereocenters. The summed E-state index contributed by atoms with van der Waals surface area (Å²) in [6, 6.07) is 0.542. The summed E-state index contributed by atoms with van der Waals surface area (Å²) in [5.74, 6) is 0. The number of hydrogen-bond donors (Lipinski definition) is 0. The molecule has 2 nitrogen and oxygen atoms in total. The molecule has 13 heavy (non-hydrogen) atoms. The zero-order chi connectivity index (χ0) is 9.52. The summed E-state index contributed by atoms with van der Waals surface area (Å²) in [7, 11) is 0. The average molecular weight is 183 g/mol. The Hall–Kier alpha value is -0.530. The Morgan fingerprint density at radius 3 is 2.31 bits per heavy atom. The minimum Gasteiger partial charge on any atom is -0.342 e. The van der Waals surface area contributed by atoms with Gasteiger partial charge in [0, 0.05) is 12.6 Å². The van der Waals surface area contributed by atoms with Crippen LogP contribution in [0.3, 0.4) is 0 Å². The third-order valence-corrected chi connectivity index (χ3v) is 2.91. The fourth-order valence-corrected chi connectivity index (χ4v) is 2.17. The highest BCUT2D eigenvalue weighted by molar-refractivity contribution is 5.47. The lowest BCUT2D eigenvalue weighted by atomic mass is 10.1. The molecular formula is C11H21NO. The van der Waals surface area contributed by atoms with E-state index < -0.39 is 0 Å². The molecule has 1 amide bonds. The van der Waals surface area contributed by atoms with Gasteiger partial charge >= 0.3 is 0 Å². The topological polar surface area (TPSA) is 20.3 Å². The zero-order valence-corrected chi connectivity index (χ0v) is 8.67. The van der Waals surface area contributed by atoms with Crippen molar-refractivity contribution in [2.75, 3.05) is 6.54 Å². The number of amides is 1. The molecule has 0 aromatic carbocycles. The van der Waals surface area contributed by atoms with Crippen LogP contribution >= 0.6 is 0 Å². The molecule has 0 aromatic rings. The third-order valence-electron chi connectivity index (χ3n) is 2.91. The molecule has 1 saturated carbocycles. The van der Waals surface area contributed by atoms with E-state index in [2.05, 4.69) is 6.92 Å². The van der Waals surface area contributed by atoms with Crippen molar-refractivity contribution in [3.05, 3.63) is 0 Å². The van der Waals surface area contributed by atoms with Crippen molar-refractivity contribution in [2.45, 2.75) is 57.9 Å². The number of carbonyl (C=O) groups is 1. The standard InChI is InChI=1S/C11H21NO/c1-2-9-12(10-13)11-7-5-3-4-6-8-11/h10-11H,2-9H2,1H3. The van der Waals surface area contributed by atoms with E-state index in [1.54, 1.807) is 0 Å². The van der Waals surface area contributed by atoms with E-state index in [0.29, 0.717) is 6.04 Å². The van der Waals surface area contributed by atoms with Gasteiger partial charge in [-0.15, -0.1) is 0 Å². The second kappa shape index (κ2) is 6.01. The fraction of sp³-hybridized carbons (Fsp3) is 0.909. The summed E-state index contributed by atoms with van der Waals surface area (Å²) in [6.07, 6.45) is 9.88. The van der Waals surface area contributed by atoms with Gasteiger partial charge in [0.1, 0.15) is 0 Å². The molecule has 0 heterocycles. The van der Waals surface area contributed by atoms with Crippen LogP contribution in [0.4, 0.5) is 0 Å². The first-order chi connectivity index (χ1) is 6.38. The van der Waals surface area contributed by atoms with Crippen molar-refractivity contribution in [3.8, 4) is 0 Å². The maximum absolute atomic E-state index is 10.8. The molecular weight excluding hydrogens is 162 g/mol.